The van der Waals surface area contributed by atoms with Crippen molar-refractivity contribution in [1.29, 1.82) is 0 Å². The quantitative estimate of drug-likeness (QED) is 0.821. The molecule has 21 heavy (non-hydrogen) atoms. The molecule has 2 aromatic rings. The molecule has 1 N–H and O–H groups in total. The lowest BCUT2D eigenvalue weighted by atomic mass is 10.2. The predicted molar refractivity (Wildman–Crippen MR) is 89.4 cm³/mol. The number of halogens is 1. The van der Waals surface area contributed by atoms with E-state index >= 15 is 0 Å². The van der Waals surface area contributed by atoms with Gasteiger partial charge in [-0.1, -0.05) is 17.7 Å². The summed E-state index contributed by atoms with van der Waals surface area (Å²) < 4.78 is 5.89. The van der Waals surface area contributed by atoms with Gasteiger partial charge in [0.15, 0.2) is 0 Å². The molecule has 0 saturated heterocycles. The number of thiophene rings is 1. The molecule has 1 aliphatic rings. The van der Waals surface area contributed by atoms with Crippen LogP contribution in [0.15, 0.2) is 24.3 Å². The lowest BCUT2D eigenvalue weighted by molar-refractivity contribution is 0.306. The van der Waals surface area contributed by atoms with Gasteiger partial charge >= 0.3 is 0 Å². The van der Waals surface area contributed by atoms with Crippen LogP contribution in [0.1, 0.15) is 33.7 Å². The van der Waals surface area contributed by atoms with Crippen LogP contribution in [0.3, 0.4) is 0 Å². The van der Waals surface area contributed by atoms with Gasteiger partial charge in [-0.15, -0.1) is 11.3 Å². The Bertz CT molecular complexity index is 634. The molecule has 0 amide bonds. The summed E-state index contributed by atoms with van der Waals surface area (Å²) in [5.41, 5.74) is 2.41. The first-order chi connectivity index (χ1) is 10.1. The Labute approximate surface area is 135 Å². The van der Waals surface area contributed by atoms with Gasteiger partial charge < -0.3 is 10.1 Å². The van der Waals surface area contributed by atoms with Crippen LogP contribution in [0.4, 0.5) is 0 Å². The van der Waals surface area contributed by atoms with E-state index in [2.05, 4.69) is 18.3 Å². The summed E-state index contributed by atoms with van der Waals surface area (Å²) in [6, 6.07) is 8.86. The zero-order valence-corrected chi connectivity index (χ0v) is 14.0. The highest BCUT2D eigenvalue weighted by molar-refractivity contribution is 7.12. The third-order valence-corrected chi connectivity index (χ3v) is 5.09. The third kappa shape index (κ3) is 4.00. The fourth-order valence-electron chi connectivity index (χ4n) is 2.23. The van der Waals surface area contributed by atoms with Gasteiger partial charge in [-0.2, -0.15) is 0 Å². The first kappa shape index (κ1) is 14.9. The molecule has 0 aliphatic heterocycles. The van der Waals surface area contributed by atoms with Crippen molar-refractivity contribution in [3.63, 3.8) is 0 Å². The second kappa shape index (κ2) is 6.39. The smallest absolute Gasteiger partial charge is 0.138 e. The fourth-order valence-corrected chi connectivity index (χ4v) is 3.40. The number of rotatable bonds is 6. The van der Waals surface area contributed by atoms with E-state index in [1.54, 1.807) is 0 Å². The van der Waals surface area contributed by atoms with Gasteiger partial charge in [0, 0.05) is 27.9 Å². The van der Waals surface area contributed by atoms with Crippen LogP contribution in [-0.2, 0) is 13.2 Å². The fraction of sp³-hybridized carbons (Fsp3) is 0.412. The number of aryl methyl sites for hydroxylation is 2. The lowest BCUT2D eigenvalue weighted by Gasteiger charge is -2.08. The Balaban J connectivity index is 1.62. The van der Waals surface area contributed by atoms with E-state index in [9.17, 15) is 0 Å². The Hall–Kier alpha value is -1.03. The van der Waals surface area contributed by atoms with Crippen LogP contribution in [0.5, 0.6) is 5.75 Å². The molecule has 1 saturated carbocycles. The van der Waals surface area contributed by atoms with Crippen molar-refractivity contribution >= 4 is 22.9 Å². The standard InChI is InChI=1S/C17H20ClNOS/c1-11-3-6-16(18)17(7-11)20-10-13-8-15(21-12(13)2)9-19-14-4-5-14/h3,6-8,14,19H,4-5,9-10H2,1-2H3. The van der Waals surface area contributed by atoms with Gasteiger partial charge in [0.1, 0.15) is 12.4 Å². The van der Waals surface area contributed by atoms with Crippen LogP contribution in [0, 0.1) is 13.8 Å². The Morgan fingerprint density at radius 2 is 2.10 bits per heavy atom. The minimum Gasteiger partial charge on any atom is -0.487 e. The zero-order valence-electron chi connectivity index (χ0n) is 12.4. The molecule has 2 nitrogen and oxygen atoms in total. The molecular formula is C17H20ClNOS. The van der Waals surface area contributed by atoms with E-state index in [-0.39, 0.29) is 0 Å². The summed E-state index contributed by atoms with van der Waals surface area (Å²) in [5, 5.41) is 4.22. The van der Waals surface area contributed by atoms with Crippen molar-refractivity contribution < 1.29 is 4.74 Å². The predicted octanol–water partition coefficient (Wildman–Crippen LogP) is 4.85. The van der Waals surface area contributed by atoms with E-state index in [0.29, 0.717) is 11.6 Å². The maximum absolute atomic E-state index is 6.17. The summed E-state index contributed by atoms with van der Waals surface area (Å²) >= 11 is 8.02. The van der Waals surface area contributed by atoms with Crippen LogP contribution in [-0.4, -0.2) is 6.04 Å². The van der Waals surface area contributed by atoms with Crippen molar-refractivity contribution in [2.45, 2.75) is 45.9 Å². The minimum atomic E-state index is 0.578. The second-order valence-corrected chi connectivity index (χ2v) is 7.42. The second-order valence-electron chi connectivity index (χ2n) is 5.67. The largest absolute Gasteiger partial charge is 0.487 e. The molecule has 0 unspecified atom stereocenters. The Morgan fingerprint density at radius 1 is 1.29 bits per heavy atom. The van der Waals surface area contributed by atoms with E-state index in [1.165, 1.54) is 28.2 Å². The lowest BCUT2D eigenvalue weighted by Crippen LogP contribution is -2.14. The van der Waals surface area contributed by atoms with Crippen molar-refractivity contribution in [1.82, 2.24) is 5.32 Å². The average Bonchev–Trinajstić information content (AvgIpc) is 3.22. The maximum Gasteiger partial charge on any atom is 0.138 e. The molecule has 1 heterocycles. The minimum absolute atomic E-state index is 0.578. The van der Waals surface area contributed by atoms with Crippen LogP contribution in [0.2, 0.25) is 5.02 Å². The molecular weight excluding hydrogens is 302 g/mol. The van der Waals surface area contributed by atoms with Gasteiger partial charge in [0.25, 0.3) is 0 Å². The third-order valence-electron chi connectivity index (χ3n) is 3.68. The monoisotopic (exact) mass is 321 g/mol. The van der Waals surface area contributed by atoms with Gasteiger partial charge in [-0.3, -0.25) is 0 Å². The summed E-state index contributed by atoms with van der Waals surface area (Å²) in [7, 11) is 0. The van der Waals surface area contributed by atoms with Gasteiger partial charge in [-0.05, 0) is 50.5 Å². The highest BCUT2D eigenvalue weighted by Gasteiger charge is 2.20. The SMILES string of the molecule is Cc1ccc(Cl)c(OCc2cc(CNC3CC3)sc2C)c1. The summed E-state index contributed by atoms with van der Waals surface area (Å²) in [5.74, 6) is 0.764. The maximum atomic E-state index is 6.17. The molecule has 3 rings (SSSR count). The molecule has 0 atom stereocenters. The number of hydrogen-bond acceptors (Lipinski definition) is 3. The van der Waals surface area contributed by atoms with Gasteiger partial charge in [-0.25, -0.2) is 0 Å². The summed E-state index contributed by atoms with van der Waals surface area (Å²) in [6.07, 6.45) is 2.65. The van der Waals surface area contributed by atoms with E-state index in [0.717, 1.165) is 23.9 Å². The molecule has 0 spiro atoms. The van der Waals surface area contributed by atoms with Gasteiger partial charge in [0.2, 0.25) is 0 Å². The molecule has 1 aliphatic carbocycles. The first-order valence-electron chi connectivity index (χ1n) is 7.32. The summed E-state index contributed by atoms with van der Waals surface area (Å²) in [6.45, 7) is 5.75. The van der Waals surface area contributed by atoms with Crippen molar-refractivity contribution in [2.75, 3.05) is 0 Å². The zero-order chi connectivity index (χ0) is 14.8. The average molecular weight is 322 g/mol. The van der Waals surface area contributed by atoms with Crippen LogP contribution < -0.4 is 10.1 Å². The summed E-state index contributed by atoms with van der Waals surface area (Å²) in [4.78, 5) is 2.71. The van der Waals surface area contributed by atoms with Crippen molar-refractivity contribution in [3.8, 4) is 5.75 Å². The molecule has 0 bridgehead atoms. The van der Waals surface area contributed by atoms with Crippen LogP contribution >= 0.6 is 22.9 Å². The first-order valence-corrected chi connectivity index (χ1v) is 8.52. The topological polar surface area (TPSA) is 21.3 Å². The number of ether oxygens (including phenoxy) is 1. The highest BCUT2D eigenvalue weighted by atomic mass is 35.5. The Kier molecular flexibility index (Phi) is 4.53. The molecule has 1 fully saturated rings. The number of hydrogen-bond donors (Lipinski definition) is 1. The molecule has 1 aromatic carbocycles. The van der Waals surface area contributed by atoms with Gasteiger partial charge in [0.05, 0.1) is 5.02 Å². The number of benzene rings is 1. The van der Waals surface area contributed by atoms with E-state index in [4.69, 9.17) is 16.3 Å². The number of nitrogens with one attached hydrogen (secondary N) is 1. The molecule has 1 aromatic heterocycles. The molecule has 4 heteroatoms. The van der Waals surface area contributed by atoms with Crippen molar-refractivity contribution in [3.05, 3.63) is 50.2 Å². The van der Waals surface area contributed by atoms with E-state index < -0.39 is 0 Å². The highest BCUT2D eigenvalue weighted by Crippen LogP contribution is 2.28. The van der Waals surface area contributed by atoms with Crippen molar-refractivity contribution in [2.24, 2.45) is 0 Å². The molecule has 0 radical (unpaired) electrons. The Morgan fingerprint density at radius 3 is 2.86 bits per heavy atom. The normalized spacial score (nSPS) is 14.4. The van der Waals surface area contributed by atoms with Crippen LogP contribution in [0.25, 0.3) is 0 Å². The molecule has 112 valence electrons. The van der Waals surface area contributed by atoms with E-state index in [1.807, 2.05) is 36.5 Å².